The van der Waals surface area contributed by atoms with Crippen molar-refractivity contribution in [2.24, 2.45) is 4.99 Å². The molecule has 1 atom stereocenters. The fourth-order valence-corrected chi connectivity index (χ4v) is 2.11. The Hall–Kier alpha value is -0.0231. The summed E-state index contributed by atoms with van der Waals surface area (Å²) in [6.45, 7) is 12.9. The molecule has 0 bridgehead atoms. The Labute approximate surface area is 87.5 Å². The minimum atomic E-state index is -1.69. The Bertz CT molecular complexity index is 216. The molecule has 0 fully saturated rings. The monoisotopic (exact) mass is 217 g/mol. The van der Waals surface area contributed by atoms with Crippen molar-refractivity contribution >= 4 is 25.7 Å². The molecule has 1 unspecified atom stereocenters. The van der Waals surface area contributed by atoms with Crippen LogP contribution in [0.2, 0.25) is 18.1 Å². The summed E-state index contributed by atoms with van der Waals surface area (Å²) in [6.07, 6.45) is -0.154. The standard InChI is InChI=1S/C9H19NOSSi/c1-8(10-7-12)11-13(5,6)9(2,3)4/h8H,1-6H3. The molecule has 2 nitrogen and oxygen atoms in total. The van der Waals surface area contributed by atoms with Crippen molar-refractivity contribution in [3.8, 4) is 0 Å². The van der Waals surface area contributed by atoms with Crippen LogP contribution in [0, 0.1) is 0 Å². The highest BCUT2D eigenvalue weighted by atomic mass is 32.1. The van der Waals surface area contributed by atoms with E-state index in [1.165, 1.54) is 0 Å². The van der Waals surface area contributed by atoms with Crippen LogP contribution in [-0.2, 0) is 4.43 Å². The summed E-state index contributed by atoms with van der Waals surface area (Å²) in [4.78, 5) is 3.90. The van der Waals surface area contributed by atoms with Crippen molar-refractivity contribution in [3.05, 3.63) is 0 Å². The van der Waals surface area contributed by atoms with E-state index >= 15 is 0 Å². The maximum Gasteiger partial charge on any atom is 0.194 e. The smallest absolute Gasteiger partial charge is 0.194 e. The molecule has 0 heterocycles. The fourth-order valence-electron chi connectivity index (χ4n) is 0.704. The van der Waals surface area contributed by atoms with E-state index in [0.717, 1.165) is 0 Å². The highest BCUT2D eigenvalue weighted by Gasteiger charge is 2.38. The molecule has 0 radical (unpaired) electrons. The van der Waals surface area contributed by atoms with Crippen LogP contribution in [0.15, 0.2) is 4.99 Å². The fraction of sp³-hybridized carbons (Fsp3) is 0.889. The predicted molar refractivity (Wildman–Crippen MR) is 62.8 cm³/mol. The van der Waals surface area contributed by atoms with Crippen LogP contribution in [-0.4, -0.2) is 19.7 Å². The Kier molecular flexibility index (Phi) is 4.46. The first-order valence-corrected chi connectivity index (χ1v) is 7.77. The molecule has 4 heteroatoms. The van der Waals surface area contributed by atoms with E-state index in [4.69, 9.17) is 4.43 Å². The van der Waals surface area contributed by atoms with Gasteiger partial charge in [-0.1, -0.05) is 20.8 Å². The maximum atomic E-state index is 5.89. The summed E-state index contributed by atoms with van der Waals surface area (Å²) in [7, 11) is -1.69. The molecule has 0 N–H and O–H groups in total. The van der Waals surface area contributed by atoms with E-state index in [2.05, 4.69) is 56.2 Å². The molecule has 0 aliphatic heterocycles. The molecule has 0 aromatic carbocycles. The van der Waals surface area contributed by atoms with E-state index in [-0.39, 0.29) is 11.3 Å². The van der Waals surface area contributed by atoms with Crippen LogP contribution >= 0.6 is 12.2 Å². The first-order chi connectivity index (χ1) is 5.70. The summed E-state index contributed by atoms with van der Waals surface area (Å²) in [6, 6.07) is 0. The van der Waals surface area contributed by atoms with Crippen LogP contribution in [0.1, 0.15) is 27.7 Å². The molecule has 13 heavy (non-hydrogen) atoms. The van der Waals surface area contributed by atoms with Crippen LogP contribution in [0.4, 0.5) is 0 Å². The highest BCUT2D eigenvalue weighted by molar-refractivity contribution is 7.78. The molecule has 76 valence electrons. The van der Waals surface area contributed by atoms with Crippen LogP contribution in [0.5, 0.6) is 0 Å². The third kappa shape index (κ3) is 4.14. The van der Waals surface area contributed by atoms with Gasteiger partial charge in [-0.15, -0.1) is 0 Å². The molecule has 0 saturated heterocycles. The van der Waals surface area contributed by atoms with Gasteiger partial charge in [0.2, 0.25) is 0 Å². The van der Waals surface area contributed by atoms with E-state index in [0.29, 0.717) is 0 Å². The number of hydrogen-bond donors (Lipinski definition) is 0. The first-order valence-electron chi connectivity index (χ1n) is 4.45. The third-order valence-electron chi connectivity index (χ3n) is 2.51. The minimum absolute atomic E-state index is 0.154. The molecule has 0 rings (SSSR count). The molecule has 0 aliphatic rings. The van der Waals surface area contributed by atoms with Crippen molar-refractivity contribution < 1.29 is 4.43 Å². The molecule has 0 aromatic heterocycles. The summed E-state index contributed by atoms with van der Waals surface area (Å²) in [5.74, 6) is 0. The first kappa shape index (κ1) is 13.0. The van der Waals surface area contributed by atoms with Crippen molar-refractivity contribution in [2.75, 3.05) is 0 Å². The number of isothiocyanates is 1. The number of aliphatic imine (C=N–C) groups is 1. The Morgan fingerprint density at radius 3 is 2.15 bits per heavy atom. The van der Waals surface area contributed by atoms with Gasteiger partial charge in [0.05, 0.1) is 5.16 Å². The average molecular weight is 217 g/mol. The van der Waals surface area contributed by atoms with E-state index in [1.54, 1.807) is 0 Å². The second-order valence-corrected chi connectivity index (χ2v) is 9.64. The highest BCUT2D eigenvalue weighted by Crippen LogP contribution is 2.37. The average Bonchev–Trinajstić information content (AvgIpc) is 1.83. The predicted octanol–water partition coefficient (Wildman–Crippen LogP) is 3.46. The van der Waals surface area contributed by atoms with Crippen LogP contribution < -0.4 is 0 Å². The summed E-state index contributed by atoms with van der Waals surface area (Å²) >= 11 is 4.53. The molecular formula is C9H19NOSSi. The zero-order valence-corrected chi connectivity index (χ0v) is 11.2. The van der Waals surface area contributed by atoms with Crippen LogP contribution in [0.3, 0.4) is 0 Å². The van der Waals surface area contributed by atoms with Gasteiger partial charge < -0.3 is 4.43 Å². The lowest BCUT2D eigenvalue weighted by molar-refractivity contribution is 0.209. The quantitative estimate of drug-likeness (QED) is 0.410. The topological polar surface area (TPSA) is 21.6 Å². The summed E-state index contributed by atoms with van der Waals surface area (Å²) in [5.41, 5.74) is 0. The van der Waals surface area contributed by atoms with Gasteiger partial charge in [0, 0.05) is 0 Å². The number of nitrogens with zero attached hydrogens (tertiary/aromatic N) is 1. The Morgan fingerprint density at radius 1 is 1.38 bits per heavy atom. The van der Waals surface area contributed by atoms with Crippen molar-refractivity contribution in [1.82, 2.24) is 0 Å². The lowest BCUT2D eigenvalue weighted by atomic mass is 10.2. The molecule has 0 amide bonds. The van der Waals surface area contributed by atoms with Gasteiger partial charge in [0.1, 0.15) is 6.23 Å². The van der Waals surface area contributed by atoms with Crippen molar-refractivity contribution in [3.63, 3.8) is 0 Å². The van der Waals surface area contributed by atoms with Crippen LogP contribution in [0.25, 0.3) is 0 Å². The van der Waals surface area contributed by atoms with Gasteiger partial charge in [-0.2, -0.15) is 0 Å². The summed E-state index contributed by atoms with van der Waals surface area (Å²) in [5, 5.41) is 2.57. The largest absolute Gasteiger partial charge is 0.395 e. The van der Waals surface area contributed by atoms with Gasteiger partial charge >= 0.3 is 0 Å². The molecular weight excluding hydrogens is 198 g/mol. The molecule has 0 spiro atoms. The number of thiocarbonyl (C=S) groups is 1. The van der Waals surface area contributed by atoms with E-state index in [9.17, 15) is 0 Å². The Morgan fingerprint density at radius 2 is 1.85 bits per heavy atom. The lowest BCUT2D eigenvalue weighted by Crippen LogP contribution is -2.42. The van der Waals surface area contributed by atoms with Gasteiger partial charge in [-0.25, -0.2) is 4.99 Å². The number of hydrogen-bond acceptors (Lipinski definition) is 3. The van der Waals surface area contributed by atoms with E-state index in [1.807, 2.05) is 6.92 Å². The normalized spacial score (nSPS) is 14.9. The Balaban J connectivity index is 4.42. The second-order valence-electron chi connectivity index (χ2n) is 4.70. The van der Waals surface area contributed by atoms with Gasteiger partial charge in [-0.3, -0.25) is 0 Å². The van der Waals surface area contributed by atoms with Gasteiger partial charge in [0.25, 0.3) is 0 Å². The van der Waals surface area contributed by atoms with Crippen molar-refractivity contribution in [2.45, 2.75) is 52.1 Å². The molecule has 0 aromatic rings. The number of rotatable bonds is 3. The zero-order chi connectivity index (χ0) is 10.7. The maximum absolute atomic E-state index is 5.89. The molecule has 0 aliphatic carbocycles. The van der Waals surface area contributed by atoms with Gasteiger partial charge in [-0.05, 0) is 37.3 Å². The molecule has 0 saturated carbocycles. The minimum Gasteiger partial charge on any atom is -0.395 e. The van der Waals surface area contributed by atoms with E-state index < -0.39 is 8.32 Å². The third-order valence-corrected chi connectivity index (χ3v) is 7.15. The SMILES string of the molecule is CC(N=C=S)O[Si](C)(C)C(C)(C)C. The van der Waals surface area contributed by atoms with Gasteiger partial charge in [0.15, 0.2) is 8.32 Å². The summed E-state index contributed by atoms with van der Waals surface area (Å²) < 4.78 is 5.89. The lowest BCUT2D eigenvalue weighted by Gasteiger charge is -2.37. The zero-order valence-electron chi connectivity index (χ0n) is 9.34. The van der Waals surface area contributed by atoms with Crippen molar-refractivity contribution in [1.29, 1.82) is 0 Å². The second kappa shape index (κ2) is 4.47.